The molecule has 1 saturated heterocycles. The number of fused-ring (bicyclic) bond motifs is 1. The highest BCUT2D eigenvalue weighted by Crippen LogP contribution is 2.18. The van der Waals surface area contributed by atoms with E-state index in [4.69, 9.17) is 11.6 Å². The van der Waals surface area contributed by atoms with Gasteiger partial charge < -0.3 is 14.8 Å². The summed E-state index contributed by atoms with van der Waals surface area (Å²) in [6.45, 7) is 2.58. The Morgan fingerprint density at radius 1 is 1.03 bits per heavy atom. The molecule has 2 heterocycles. The molecular formula is C24H27ClN4O2. The van der Waals surface area contributed by atoms with Crippen molar-refractivity contribution in [1.29, 1.82) is 0 Å². The Hall–Kier alpha value is -2.86. The van der Waals surface area contributed by atoms with E-state index in [1.54, 1.807) is 4.57 Å². The molecular weight excluding hydrogens is 412 g/mol. The lowest BCUT2D eigenvalue weighted by Gasteiger charge is -2.27. The summed E-state index contributed by atoms with van der Waals surface area (Å²) in [4.78, 5) is 32.4. The van der Waals surface area contributed by atoms with Crippen molar-refractivity contribution in [1.82, 2.24) is 14.9 Å². The van der Waals surface area contributed by atoms with E-state index in [0.29, 0.717) is 23.9 Å². The van der Waals surface area contributed by atoms with E-state index in [2.05, 4.69) is 15.2 Å². The summed E-state index contributed by atoms with van der Waals surface area (Å²) in [6.07, 6.45) is 4.32. The monoisotopic (exact) mass is 438 g/mol. The zero-order valence-electron chi connectivity index (χ0n) is 17.5. The van der Waals surface area contributed by atoms with Crippen molar-refractivity contribution in [3.05, 3.63) is 69.5 Å². The third-order valence-electron chi connectivity index (χ3n) is 5.70. The van der Waals surface area contributed by atoms with E-state index < -0.39 is 0 Å². The van der Waals surface area contributed by atoms with Crippen LogP contribution in [0.1, 0.15) is 31.2 Å². The van der Waals surface area contributed by atoms with Crippen LogP contribution in [0.25, 0.3) is 11.0 Å². The van der Waals surface area contributed by atoms with Gasteiger partial charge in [0.1, 0.15) is 0 Å². The summed E-state index contributed by atoms with van der Waals surface area (Å²) in [5, 5.41) is 3.65. The summed E-state index contributed by atoms with van der Waals surface area (Å²) in [7, 11) is 0. The third-order valence-corrected chi connectivity index (χ3v) is 5.95. The summed E-state index contributed by atoms with van der Waals surface area (Å²) in [6, 6.07) is 15.2. The maximum absolute atomic E-state index is 13.2. The highest BCUT2D eigenvalue weighted by atomic mass is 35.5. The molecule has 1 fully saturated rings. The number of carbonyl (C=O) groups excluding carboxylic acids is 1. The number of nitrogens with zero attached hydrogens (tertiary/aromatic N) is 3. The number of anilines is 1. The Morgan fingerprint density at radius 3 is 2.55 bits per heavy atom. The molecule has 2 aromatic carbocycles. The lowest BCUT2D eigenvalue weighted by molar-refractivity contribution is -0.121. The molecule has 7 heteroatoms. The number of rotatable bonds is 7. The third kappa shape index (κ3) is 5.25. The topological polar surface area (TPSA) is 67.2 Å². The van der Waals surface area contributed by atoms with E-state index in [1.165, 1.54) is 6.42 Å². The first-order valence-corrected chi connectivity index (χ1v) is 11.3. The van der Waals surface area contributed by atoms with Gasteiger partial charge >= 0.3 is 0 Å². The van der Waals surface area contributed by atoms with Gasteiger partial charge in [-0.05, 0) is 55.5 Å². The van der Waals surface area contributed by atoms with Crippen molar-refractivity contribution < 1.29 is 4.79 Å². The predicted molar refractivity (Wildman–Crippen MR) is 125 cm³/mol. The fraction of sp³-hybridized carbons (Fsp3) is 0.375. The van der Waals surface area contributed by atoms with Gasteiger partial charge in [0.05, 0.1) is 11.0 Å². The van der Waals surface area contributed by atoms with E-state index in [0.717, 1.165) is 48.9 Å². The van der Waals surface area contributed by atoms with Crippen LogP contribution in [-0.4, -0.2) is 35.1 Å². The second-order valence-electron chi connectivity index (χ2n) is 7.91. The highest BCUT2D eigenvalue weighted by molar-refractivity contribution is 6.30. The maximum atomic E-state index is 13.2. The Balaban J connectivity index is 1.44. The van der Waals surface area contributed by atoms with Gasteiger partial charge in [-0.2, -0.15) is 0 Å². The zero-order valence-corrected chi connectivity index (χ0v) is 18.3. The molecule has 1 N–H and O–H groups in total. The van der Waals surface area contributed by atoms with Crippen LogP contribution in [0, 0.1) is 0 Å². The van der Waals surface area contributed by atoms with Crippen molar-refractivity contribution >= 4 is 34.4 Å². The van der Waals surface area contributed by atoms with Gasteiger partial charge in [0.15, 0.2) is 5.82 Å². The smallest absolute Gasteiger partial charge is 0.294 e. The van der Waals surface area contributed by atoms with Crippen LogP contribution in [0.5, 0.6) is 0 Å². The molecule has 0 aliphatic carbocycles. The number of para-hydroxylation sites is 2. The molecule has 3 aromatic rings. The lowest BCUT2D eigenvalue weighted by Crippen LogP contribution is -2.37. The van der Waals surface area contributed by atoms with E-state index in [-0.39, 0.29) is 17.9 Å². The second-order valence-corrected chi connectivity index (χ2v) is 8.34. The fourth-order valence-electron chi connectivity index (χ4n) is 4.01. The maximum Gasteiger partial charge on any atom is 0.294 e. The number of piperidine rings is 1. The molecule has 1 aromatic heterocycles. The number of aromatic nitrogens is 2. The van der Waals surface area contributed by atoms with Crippen LogP contribution in [0.15, 0.2) is 53.3 Å². The molecule has 0 saturated carbocycles. The molecule has 162 valence electrons. The molecule has 1 amide bonds. The van der Waals surface area contributed by atoms with Crippen molar-refractivity contribution in [2.45, 2.75) is 38.6 Å². The van der Waals surface area contributed by atoms with Crippen molar-refractivity contribution in [3.8, 4) is 0 Å². The average Bonchev–Trinajstić information content (AvgIpc) is 2.80. The first-order chi connectivity index (χ1) is 15.1. The van der Waals surface area contributed by atoms with Gasteiger partial charge in [0, 0.05) is 37.6 Å². The van der Waals surface area contributed by atoms with E-state index >= 15 is 0 Å². The van der Waals surface area contributed by atoms with Crippen molar-refractivity contribution in [2.75, 3.05) is 24.5 Å². The predicted octanol–water partition coefficient (Wildman–Crippen LogP) is 3.79. The summed E-state index contributed by atoms with van der Waals surface area (Å²) < 4.78 is 1.70. The Labute approximate surface area is 186 Å². The van der Waals surface area contributed by atoms with E-state index in [1.807, 2.05) is 48.5 Å². The number of aryl methyl sites for hydroxylation is 1. The average molecular weight is 439 g/mol. The highest BCUT2D eigenvalue weighted by Gasteiger charge is 2.19. The first-order valence-electron chi connectivity index (χ1n) is 10.9. The number of nitrogens with one attached hydrogen (secondary N) is 1. The van der Waals surface area contributed by atoms with E-state index in [9.17, 15) is 9.59 Å². The minimum absolute atomic E-state index is 0.0683. The molecule has 1 aliphatic rings. The van der Waals surface area contributed by atoms with Gasteiger partial charge in [-0.25, -0.2) is 4.98 Å². The van der Waals surface area contributed by atoms with Gasteiger partial charge in [0.25, 0.3) is 5.56 Å². The van der Waals surface area contributed by atoms with Crippen molar-refractivity contribution in [2.24, 2.45) is 0 Å². The summed E-state index contributed by atoms with van der Waals surface area (Å²) in [5.41, 5.74) is 2.55. The zero-order chi connectivity index (χ0) is 21.6. The number of halogens is 1. The SMILES string of the molecule is O=C(CCn1c(=O)c(N2CCCCC2)nc2ccccc21)NCCc1ccc(Cl)cc1. The van der Waals surface area contributed by atoms with Crippen LogP contribution in [0.4, 0.5) is 5.82 Å². The summed E-state index contributed by atoms with van der Waals surface area (Å²) in [5.74, 6) is 0.433. The first kappa shape index (κ1) is 21.4. The molecule has 4 rings (SSSR count). The van der Waals surface area contributed by atoms with Crippen LogP contribution in [0.2, 0.25) is 5.02 Å². The lowest BCUT2D eigenvalue weighted by atomic mass is 10.1. The molecule has 0 spiro atoms. The Morgan fingerprint density at radius 2 is 1.77 bits per heavy atom. The van der Waals surface area contributed by atoms with Crippen LogP contribution >= 0.6 is 11.6 Å². The molecule has 1 aliphatic heterocycles. The van der Waals surface area contributed by atoms with Crippen LogP contribution in [0.3, 0.4) is 0 Å². The molecule has 0 radical (unpaired) electrons. The minimum Gasteiger partial charge on any atom is -0.356 e. The number of benzene rings is 2. The number of hydrogen-bond acceptors (Lipinski definition) is 4. The second kappa shape index (κ2) is 9.96. The number of amides is 1. The molecule has 31 heavy (non-hydrogen) atoms. The Kier molecular flexibility index (Phi) is 6.87. The van der Waals surface area contributed by atoms with Gasteiger partial charge in [-0.15, -0.1) is 0 Å². The molecule has 0 bridgehead atoms. The quantitative estimate of drug-likeness (QED) is 0.609. The Bertz CT molecular complexity index is 1100. The molecule has 6 nitrogen and oxygen atoms in total. The largest absolute Gasteiger partial charge is 0.356 e. The van der Waals surface area contributed by atoms with Crippen molar-refractivity contribution in [3.63, 3.8) is 0 Å². The van der Waals surface area contributed by atoms with Gasteiger partial charge in [-0.3, -0.25) is 9.59 Å². The molecule has 0 atom stereocenters. The van der Waals surface area contributed by atoms with Crippen LogP contribution in [-0.2, 0) is 17.8 Å². The minimum atomic E-state index is -0.116. The van der Waals surface area contributed by atoms with Gasteiger partial charge in [0.2, 0.25) is 5.91 Å². The van der Waals surface area contributed by atoms with Crippen LogP contribution < -0.4 is 15.8 Å². The number of hydrogen-bond donors (Lipinski definition) is 1. The normalized spacial score (nSPS) is 14.0. The number of carbonyl (C=O) groups is 1. The standard InChI is InChI=1S/C24H27ClN4O2/c25-19-10-8-18(9-11-19)12-14-26-22(30)13-17-29-21-7-3-2-6-20(21)27-23(24(29)31)28-15-4-1-5-16-28/h2-3,6-11H,1,4-5,12-17H2,(H,26,30). The fourth-order valence-corrected chi connectivity index (χ4v) is 4.14. The van der Waals surface area contributed by atoms with Gasteiger partial charge in [-0.1, -0.05) is 35.9 Å². The molecule has 0 unspecified atom stereocenters. The summed E-state index contributed by atoms with van der Waals surface area (Å²) >= 11 is 5.91.